The topological polar surface area (TPSA) is 61.0 Å². The van der Waals surface area contributed by atoms with Gasteiger partial charge in [-0.2, -0.15) is 4.98 Å². The Bertz CT molecular complexity index is 863. The number of ether oxygens (including phenoxy) is 1. The summed E-state index contributed by atoms with van der Waals surface area (Å²) in [6.07, 6.45) is 1.48. The van der Waals surface area contributed by atoms with Crippen LogP contribution in [0, 0.1) is 20.8 Å². The van der Waals surface area contributed by atoms with Gasteiger partial charge < -0.3 is 10.5 Å². The van der Waals surface area contributed by atoms with Gasteiger partial charge >= 0.3 is 0 Å². The Hall–Kier alpha value is -2.53. The minimum Gasteiger partial charge on any atom is -0.437 e. The van der Waals surface area contributed by atoms with Crippen LogP contribution in [0.4, 0.5) is 5.69 Å². The number of hydrogen-bond acceptors (Lipinski definition) is 5. The number of hydrogen-bond donors (Lipinski definition) is 1. The third-order valence-corrected chi connectivity index (χ3v) is 4.77. The maximum absolute atomic E-state index is 6.21. The van der Waals surface area contributed by atoms with E-state index in [9.17, 15) is 0 Å². The standard InChI is InChI=1S/C19H19N3OS/c1-12-4-8-16(9-5-12)24-19-17(20)18(21-11-22-19)23-15-7-6-13(2)14(3)10-15/h4-11H,20H2,1-3H3. The van der Waals surface area contributed by atoms with Crippen LogP contribution in [0.2, 0.25) is 0 Å². The number of aryl methyl sites for hydroxylation is 3. The van der Waals surface area contributed by atoms with Crippen LogP contribution in [0.1, 0.15) is 16.7 Å². The third-order valence-electron chi connectivity index (χ3n) is 3.74. The van der Waals surface area contributed by atoms with Crippen molar-refractivity contribution in [2.75, 3.05) is 5.73 Å². The van der Waals surface area contributed by atoms with E-state index < -0.39 is 0 Å². The summed E-state index contributed by atoms with van der Waals surface area (Å²) in [5.41, 5.74) is 10.2. The van der Waals surface area contributed by atoms with E-state index in [0.29, 0.717) is 16.6 Å². The first-order valence-corrected chi connectivity index (χ1v) is 8.44. The minimum atomic E-state index is 0.378. The largest absolute Gasteiger partial charge is 0.437 e. The van der Waals surface area contributed by atoms with Crippen molar-refractivity contribution in [2.24, 2.45) is 0 Å². The van der Waals surface area contributed by atoms with Crippen molar-refractivity contribution in [3.8, 4) is 11.6 Å². The molecule has 2 aromatic carbocycles. The number of benzene rings is 2. The zero-order valence-electron chi connectivity index (χ0n) is 13.9. The first-order valence-electron chi connectivity index (χ1n) is 7.63. The van der Waals surface area contributed by atoms with Crippen LogP contribution >= 0.6 is 11.8 Å². The molecule has 0 aliphatic rings. The second-order valence-corrected chi connectivity index (χ2v) is 6.72. The molecule has 1 aromatic heterocycles. The van der Waals surface area contributed by atoms with E-state index >= 15 is 0 Å². The summed E-state index contributed by atoms with van der Waals surface area (Å²) in [5, 5.41) is 0.688. The summed E-state index contributed by atoms with van der Waals surface area (Å²) in [6, 6.07) is 14.1. The van der Waals surface area contributed by atoms with Crippen LogP contribution in [0.15, 0.2) is 58.7 Å². The predicted octanol–water partition coefficient (Wildman–Crippen LogP) is 4.93. The summed E-state index contributed by atoms with van der Waals surface area (Å²) < 4.78 is 5.85. The second-order valence-electron chi connectivity index (χ2n) is 5.66. The van der Waals surface area contributed by atoms with Crippen molar-refractivity contribution in [3.63, 3.8) is 0 Å². The quantitative estimate of drug-likeness (QED) is 0.684. The van der Waals surface area contributed by atoms with Crippen molar-refractivity contribution in [2.45, 2.75) is 30.7 Å². The summed E-state index contributed by atoms with van der Waals surface area (Å²) in [5.74, 6) is 1.10. The molecule has 1 heterocycles. The number of rotatable bonds is 4. The Balaban J connectivity index is 1.84. The predicted molar refractivity (Wildman–Crippen MR) is 97.7 cm³/mol. The van der Waals surface area contributed by atoms with Crippen LogP contribution in [-0.4, -0.2) is 9.97 Å². The first-order chi connectivity index (χ1) is 11.5. The molecule has 0 unspecified atom stereocenters. The lowest BCUT2D eigenvalue weighted by atomic mass is 10.1. The molecule has 3 aromatic rings. The van der Waals surface area contributed by atoms with Gasteiger partial charge in [-0.25, -0.2) is 4.98 Å². The first kappa shape index (κ1) is 16.3. The van der Waals surface area contributed by atoms with Gasteiger partial charge in [0.2, 0.25) is 5.88 Å². The Morgan fingerprint density at radius 1 is 0.917 bits per heavy atom. The molecular formula is C19H19N3OS. The van der Waals surface area contributed by atoms with Crippen molar-refractivity contribution < 1.29 is 4.74 Å². The zero-order chi connectivity index (χ0) is 17.1. The lowest BCUT2D eigenvalue weighted by Gasteiger charge is -2.11. The number of nitrogens with zero attached hydrogens (tertiary/aromatic N) is 2. The van der Waals surface area contributed by atoms with Gasteiger partial charge in [-0.3, -0.25) is 0 Å². The van der Waals surface area contributed by atoms with Gasteiger partial charge in [0.15, 0.2) is 0 Å². The molecule has 0 amide bonds. The molecule has 0 aliphatic heterocycles. The summed E-state index contributed by atoms with van der Waals surface area (Å²) in [4.78, 5) is 9.52. The van der Waals surface area contributed by atoms with Gasteiger partial charge in [0, 0.05) is 4.90 Å². The maximum Gasteiger partial charge on any atom is 0.247 e. The van der Waals surface area contributed by atoms with E-state index in [1.54, 1.807) is 0 Å². The Morgan fingerprint density at radius 3 is 2.38 bits per heavy atom. The summed E-state index contributed by atoms with van der Waals surface area (Å²) in [6.45, 7) is 6.17. The van der Waals surface area contributed by atoms with Gasteiger partial charge in [-0.15, -0.1) is 0 Å². The van der Waals surface area contributed by atoms with Gasteiger partial charge in [0.25, 0.3) is 0 Å². The van der Waals surface area contributed by atoms with Gasteiger partial charge in [0.1, 0.15) is 22.8 Å². The van der Waals surface area contributed by atoms with E-state index in [-0.39, 0.29) is 0 Å². The molecule has 4 nitrogen and oxygen atoms in total. The molecule has 0 fully saturated rings. The molecule has 24 heavy (non-hydrogen) atoms. The van der Waals surface area contributed by atoms with E-state index in [2.05, 4.69) is 35.9 Å². The highest BCUT2D eigenvalue weighted by atomic mass is 32.2. The zero-order valence-corrected chi connectivity index (χ0v) is 14.7. The lowest BCUT2D eigenvalue weighted by molar-refractivity contribution is 0.461. The molecule has 2 N–H and O–H groups in total. The van der Waals surface area contributed by atoms with Crippen LogP contribution in [0.25, 0.3) is 0 Å². The van der Waals surface area contributed by atoms with E-state index in [1.807, 2.05) is 37.3 Å². The Kier molecular flexibility index (Phi) is 4.71. The molecule has 0 radical (unpaired) electrons. The van der Waals surface area contributed by atoms with Crippen molar-refractivity contribution in [3.05, 3.63) is 65.5 Å². The highest BCUT2D eigenvalue weighted by molar-refractivity contribution is 7.99. The van der Waals surface area contributed by atoms with Crippen LogP contribution in [-0.2, 0) is 0 Å². The molecular weight excluding hydrogens is 318 g/mol. The number of anilines is 1. The van der Waals surface area contributed by atoms with Gasteiger partial charge in [-0.05, 0) is 56.2 Å². The molecule has 0 saturated heterocycles. The van der Waals surface area contributed by atoms with Crippen molar-refractivity contribution >= 4 is 17.4 Å². The SMILES string of the molecule is Cc1ccc(Sc2ncnc(Oc3ccc(C)c(C)c3)c2N)cc1. The molecule has 122 valence electrons. The number of nitrogen functional groups attached to an aromatic ring is 1. The lowest BCUT2D eigenvalue weighted by Crippen LogP contribution is -1.99. The number of nitrogens with two attached hydrogens (primary N) is 1. The minimum absolute atomic E-state index is 0.378. The molecule has 5 heteroatoms. The van der Waals surface area contributed by atoms with Crippen molar-refractivity contribution in [1.82, 2.24) is 9.97 Å². The van der Waals surface area contributed by atoms with Crippen LogP contribution in [0.5, 0.6) is 11.6 Å². The number of aromatic nitrogens is 2. The van der Waals surface area contributed by atoms with Gasteiger partial charge in [-0.1, -0.05) is 35.5 Å². The van der Waals surface area contributed by atoms with E-state index in [0.717, 1.165) is 16.2 Å². The fraction of sp³-hybridized carbons (Fsp3) is 0.158. The Morgan fingerprint density at radius 2 is 1.67 bits per heavy atom. The molecule has 0 saturated carbocycles. The smallest absolute Gasteiger partial charge is 0.247 e. The van der Waals surface area contributed by atoms with E-state index in [1.165, 1.54) is 29.2 Å². The third kappa shape index (κ3) is 3.68. The fourth-order valence-electron chi connectivity index (χ4n) is 2.13. The fourth-order valence-corrected chi connectivity index (χ4v) is 2.93. The molecule has 0 aliphatic carbocycles. The summed E-state index contributed by atoms with van der Waals surface area (Å²) in [7, 11) is 0. The average molecular weight is 337 g/mol. The van der Waals surface area contributed by atoms with E-state index in [4.69, 9.17) is 10.5 Å². The molecule has 0 spiro atoms. The van der Waals surface area contributed by atoms with Crippen LogP contribution in [0.3, 0.4) is 0 Å². The monoisotopic (exact) mass is 337 g/mol. The molecule has 3 rings (SSSR count). The van der Waals surface area contributed by atoms with Crippen LogP contribution < -0.4 is 10.5 Å². The highest BCUT2D eigenvalue weighted by Crippen LogP contribution is 2.35. The normalized spacial score (nSPS) is 10.6. The molecule has 0 bridgehead atoms. The second kappa shape index (κ2) is 6.93. The Labute approximate surface area is 146 Å². The molecule has 0 atom stereocenters. The van der Waals surface area contributed by atoms with Crippen molar-refractivity contribution in [1.29, 1.82) is 0 Å². The van der Waals surface area contributed by atoms with Gasteiger partial charge in [0.05, 0.1) is 0 Å². The highest BCUT2D eigenvalue weighted by Gasteiger charge is 2.12. The maximum atomic E-state index is 6.21. The average Bonchev–Trinajstić information content (AvgIpc) is 2.57. The summed E-state index contributed by atoms with van der Waals surface area (Å²) >= 11 is 1.50.